The number of anilines is 1. The monoisotopic (exact) mass is 514 g/mol. The Morgan fingerprint density at radius 2 is 1.66 bits per heavy atom. The molecule has 0 unspecified atom stereocenters. The van der Waals surface area contributed by atoms with E-state index in [1.807, 2.05) is 4.90 Å². The highest BCUT2D eigenvalue weighted by Crippen LogP contribution is 2.34. The average Bonchev–Trinajstić information content (AvgIpc) is 3.33. The number of morpholine rings is 1. The van der Waals surface area contributed by atoms with Crippen molar-refractivity contribution in [1.82, 2.24) is 14.2 Å². The number of fused-ring (bicyclic) bond motifs is 1. The number of hydrogen-bond acceptors (Lipinski definition) is 7. The number of carbonyl (C=O) groups excluding carboxylic acids is 1. The minimum atomic E-state index is -3.57. The number of ether oxygens (including phenoxy) is 1. The number of thiazole rings is 1. The van der Waals surface area contributed by atoms with E-state index in [1.54, 1.807) is 23.5 Å². The third kappa shape index (κ3) is 4.80. The number of amides is 1. The molecule has 2 fully saturated rings. The zero-order valence-corrected chi connectivity index (χ0v) is 21.6. The van der Waals surface area contributed by atoms with Crippen LogP contribution in [0, 0.1) is 0 Å². The molecule has 3 heterocycles. The van der Waals surface area contributed by atoms with Gasteiger partial charge in [0, 0.05) is 44.8 Å². The van der Waals surface area contributed by atoms with E-state index in [0.717, 1.165) is 10.6 Å². The molecule has 35 heavy (non-hydrogen) atoms. The maximum Gasteiger partial charge on any atom is 0.253 e. The van der Waals surface area contributed by atoms with Gasteiger partial charge < -0.3 is 14.5 Å². The number of nitrogens with zero attached hydrogens (tertiary/aromatic N) is 4. The van der Waals surface area contributed by atoms with Gasteiger partial charge in [0.05, 0.1) is 28.3 Å². The van der Waals surface area contributed by atoms with Crippen LogP contribution in [0.4, 0.5) is 5.13 Å². The molecule has 0 aliphatic carbocycles. The molecular weight excluding hydrogens is 484 g/mol. The lowest BCUT2D eigenvalue weighted by Crippen LogP contribution is -2.48. The van der Waals surface area contributed by atoms with Crippen LogP contribution >= 0.6 is 11.3 Å². The van der Waals surface area contributed by atoms with Gasteiger partial charge >= 0.3 is 0 Å². The lowest BCUT2D eigenvalue weighted by molar-refractivity contribution is 0.0730. The van der Waals surface area contributed by atoms with Crippen molar-refractivity contribution in [3.8, 4) is 0 Å². The van der Waals surface area contributed by atoms with E-state index >= 15 is 0 Å². The van der Waals surface area contributed by atoms with Gasteiger partial charge in [-0.05, 0) is 41.8 Å². The number of carbonyl (C=O) groups is 1. The second-order valence-corrected chi connectivity index (χ2v) is 12.1. The number of benzene rings is 2. The summed E-state index contributed by atoms with van der Waals surface area (Å²) in [6, 6.07) is 12.6. The quantitative estimate of drug-likeness (QED) is 0.519. The number of sulfonamides is 1. The van der Waals surface area contributed by atoms with E-state index in [2.05, 4.69) is 36.9 Å². The highest BCUT2D eigenvalue weighted by molar-refractivity contribution is 7.89. The van der Waals surface area contributed by atoms with Gasteiger partial charge in [-0.15, -0.1) is 0 Å². The van der Waals surface area contributed by atoms with Crippen LogP contribution in [0.5, 0.6) is 0 Å². The zero-order chi connectivity index (χ0) is 24.6. The molecule has 0 spiro atoms. The number of para-hydroxylation sites is 1. The Morgan fingerprint density at radius 3 is 2.31 bits per heavy atom. The molecule has 8 nitrogen and oxygen atoms in total. The summed E-state index contributed by atoms with van der Waals surface area (Å²) in [6.45, 7) is 8.49. The summed E-state index contributed by atoms with van der Waals surface area (Å²) in [7, 11) is -3.57. The van der Waals surface area contributed by atoms with E-state index in [4.69, 9.17) is 9.72 Å². The number of rotatable bonds is 5. The number of hydrogen-bond donors (Lipinski definition) is 0. The van der Waals surface area contributed by atoms with Crippen molar-refractivity contribution in [2.24, 2.45) is 0 Å². The minimum absolute atomic E-state index is 0.0774. The van der Waals surface area contributed by atoms with Crippen molar-refractivity contribution in [3.63, 3.8) is 0 Å². The van der Waals surface area contributed by atoms with E-state index in [1.165, 1.54) is 26.7 Å². The lowest BCUT2D eigenvalue weighted by atomic mass is 10.0. The van der Waals surface area contributed by atoms with Crippen molar-refractivity contribution in [2.75, 3.05) is 57.4 Å². The fourth-order valence-corrected chi connectivity index (χ4v) is 7.01. The predicted molar refractivity (Wildman–Crippen MR) is 138 cm³/mol. The molecule has 0 radical (unpaired) electrons. The molecule has 3 aromatic rings. The average molecular weight is 515 g/mol. The highest BCUT2D eigenvalue weighted by Gasteiger charge is 2.28. The van der Waals surface area contributed by atoms with Crippen LogP contribution in [0.1, 0.15) is 35.7 Å². The molecule has 2 aliphatic rings. The van der Waals surface area contributed by atoms with Crippen LogP contribution in [0.25, 0.3) is 10.2 Å². The third-order valence-corrected chi connectivity index (χ3v) is 9.60. The summed E-state index contributed by atoms with van der Waals surface area (Å²) in [5, 5.41) is 0.998. The summed E-state index contributed by atoms with van der Waals surface area (Å²) in [5.41, 5.74) is 2.84. The first-order valence-corrected chi connectivity index (χ1v) is 14.2. The number of aromatic nitrogens is 1. The topological polar surface area (TPSA) is 83.1 Å². The first kappa shape index (κ1) is 24.2. The second-order valence-electron chi connectivity index (χ2n) is 9.17. The molecular formula is C25H30N4O4S2. The standard InChI is InChI=1S/C25H30N4O4S2/c1-18(2)21-4-3-5-22-23(21)26-25(34-22)28-12-10-27(11-13-28)24(30)19-6-8-20(9-7-19)35(31,32)29-14-16-33-17-15-29/h3-9,18H,10-17H2,1-2H3. The first-order chi connectivity index (χ1) is 16.8. The normalized spacial score (nSPS) is 17.9. The molecule has 186 valence electrons. The molecule has 0 atom stereocenters. The molecule has 0 saturated carbocycles. The largest absolute Gasteiger partial charge is 0.379 e. The molecule has 2 aromatic carbocycles. The predicted octanol–water partition coefficient (Wildman–Crippen LogP) is 3.40. The van der Waals surface area contributed by atoms with E-state index < -0.39 is 10.0 Å². The van der Waals surface area contributed by atoms with Crippen LogP contribution in [0.15, 0.2) is 47.4 Å². The van der Waals surface area contributed by atoms with Gasteiger partial charge in [-0.1, -0.05) is 37.3 Å². The van der Waals surface area contributed by atoms with Crippen LogP contribution < -0.4 is 4.90 Å². The van der Waals surface area contributed by atoms with Crippen molar-refractivity contribution in [3.05, 3.63) is 53.6 Å². The van der Waals surface area contributed by atoms with Crippen molar-refractivity contribution in [2.45, 2.75) is 24.7 Å². The van der Waals surface area contributed by atoms with Gasteiger partial charge in [-0.3, -0.25) is 4.79 Å². The molecule has 2 saturated heterocycles. The van der Waals surface area contributed by atoms with Gasteiger partial charge in [0.25, 0.3) is 5.91 Å². The minimum Gasteiger partial charge on any atom is -0.379 e. The van der Waals surface area contributed by atoms with Crippen LogP contribution in [0.2, 0.25) is 0 Å². The van der Waals surface area contributed by atoms with Gasteiger partial charge in [0.2, 0.25) is 10.0 Å². The Labute approximate surface area is 210 Å². The fourth-order valence-electron chi connectivity index (χ4n) is 4.55. The summed E-state index contributed by atoms with van der Waals surface area (Å²) in [6.07, 6.45) is 0. The SMILES string of the molecule is CC(C)c1cccc2sc(N3CCN(C(=O)c4ccc(S(=O)(=O)N5CCOCC5)cc4)CC3)nc12. The smallest absolute Gasteiger partial charge is 0.253 e. The summed E-state index contributed by atoms with van der Waals surface area (Å²) in [4.78, 5) is 22.3. The van der Waals surface area contributed by atoms with Crippen LogP contribution in [-0.4, -0.2) is 81.0 Å². The fraction of sp³-hybridized carbons (Fsp3) is 0.440. The number of piperazine rings is 1. The van der Waals surface area contributed by atoms with Gasteiger partial charge in [0.15, 0.2) is 5.13 Å². The zero-order valence-electron chi connectivity index (χ0n) is 20.0. The van der Waals surface area contributed by atoms with Crippen LogP contribution in [-0.2, 0) is 14.8 Å². The van der Waals surface area contributed by atoms with E-state index in [-0.39, 0.29) is 10.8 Å². The second kappa shape index (κ2) is 9.85. The van der Waals surface area contributed by atoms with Crippen LogP contribution in [0.3, 0.4) is 0 Å². The third-order valence-electron chi connectivity index (χ3n) is 6.61. The Balaban J connectivity index is 1.24. The molecule has 5 rings (SSSR count). The van der Waals surface area contributed by atoms with E-state index in [0.29, 0.717) is 64.0 Å². The van der Waals surface area contributed by atoms with Crippen molar-refractivity contribution < 1.29 is 17.9 Å². The van der Waals surface area contributed by atoms with Gasteiger partial charge in [0.1, 0.15) is 0 Å². The van der Waals surface area contributed by atoms with Crippen molar-refractivity contribution in [1.29, 1.82) is 0 Å². The van der Waals surface area contributed by atoms with Gasteiger partial charge in [-0.25, -0.2) is 13.4 Å². The summed E-state index contributed by atoms with van der Waals surface area (Å²) >= 11 is 1.70. The van der Waals surface area contributed by atoms with Crippen molar-refractivity contribution >= 4 is 42.6 Å². The Morgan fingerprint density at radius 1 is 0.971 bits per heavy atom. The molecule has 0 N–H and O–H groups in total. The molecule has 0 bridgehead atoms. The van der Waals surface area contributed by atoms with E-state index in [9.17, 15) is 13.2 Å². The summed E-state index contributed by atoms with van der Waals surface area (Å²) in [5.74, 6) is 0.338. The Kier molecular flexibility index (Phi) is 6.80. The van der Waals surface area contributed by atoms with Gasteiger partial charge in [-0.2, -0.15) is 4.31 Å². The molecule has 10 heteroatoms. The lowest BCUT2D eigenvalue weighted by Gasteiger charge is -2.34. The maximum atomic E-state index is 13.1. The Bertz CT molecular complexity index is 1310. The Hall–Kier alpha value is -2.53. The maximum absolute atomic E-state index is 13.1. The molecule has 1 amide bonds. The molecule has 2 aliphatic heterocycles. The molecule has 1 aromatic heterocycles. The summed E-state index contributed by atoms with van der Waals surface area (Å²) < 4.78 is 33.5. The first-order valence-electron chi connectivity index (χ1n) is 12.0. The highest BCUT2D eigenvalue weighted by atomic mass is 32.2.